The van der Waals surface area contributed by atoms with Crippen LogP contribution >= 0.6 is 0 Å². The van der Waals surface area contributed by atoms with Crippen LogP contribution in [0.25, 0.3) is 0 Å². The van der Waals surface area contributed by atoms with E-state index < -0.39 is 74.2 Å². The summed E-state index contributed by atoms with van der Waals surface area (Å²) >= 11 is 0. The SMILES string of the molecule is CCCCCCCCCCCCCCCCCCCCCCCCC(O)C(O)C(COC1OC(CO)C(O)C(O)C1O)NC(=O)C(O)CCCCCCCCCCCCCCCC. The quantitative estimate of drug-likeness (QED) is 0.0273. The van der Waals surface area contributed by atoms with Crippen molar-refractivity contribution in [1.82, 2.24) is 5.32 Å². The molecule has 1 aliphatic heterocycles. The Hall–Kier alpha value is -0.890. The Morgan fingerprint density at radius 1 is 0.492 bits per heavy atom. The third-order valence-corrected chi connectivity index (χ3v) is 13.4. The van der Waals surface area contributed by atoms with E-state index in [1.165, 1.54) is 180 Å². The third kappa shape index (κ3) is 31.7. The molecule has 11 nitrogen and oxygen atoms in total. The van der Waals surface area contributed by atoms with E-state index in [9.17, 15) is 40.5 Å². The fourth-order valence-electron chi connectivity index (χ4n) is 8.97. The molecule has 63 heavy (non-hydrogen) atoms. The molecule has 0 spiro atoms. The highest BCUT2D eigenvalue weighted by Crippen LogP contribution is 2.23. The number of hydrogen-bond acceptors (Lipinski definition) is 10. The molecule has 1 saturated heterocycles. The lowest BCUT2D eigenvalue weighted by atomic mass is 9.98. The van der Waals surface area contributed by atoms with Gasteiger partial charge in [0.25, 0.3) is 0 Å². The number of hydrogen-bond donors (Lipinski definition) is 8. The van der Waals surface area contributed by atoms with Gasteiger partial charge in [-0.05, 0) is 12.8 Å². The molecule has 1 aliphatic rings. The molecule has 0 aliphatic carbocycles. The number of carbonyl (C=O) groups excluding carboxylic acids is 1. The van der Waals surface area contributed by atoms with Crippen LogP contribution in [-0.4, -0.2) is 110 Å². The van der Waals surface area contributed by atoms with E-state index in [1.807, 2.05) is 0 Å². The van der Waals surface area contributed by atoms with Crippen molar-refractivity contribution in [2.24, 2.45) is 0 Å². The van der Waals surface area contributed by atoms with E-state index in [0.717, 1.165) is 38.5 Å². The summed E-state index contributed by atoms with van der Waals surface area (Å²) in [5, 5.41) is 76.0. The Kier molecular flexibility index (Phi) is 40.5. The smallest absolute Gasteiger partial charge is 0.249 e. The van der Waals surface area contributed by atoms with Gasteiger partial charge in [-0.1, -0.05) is 245 Å². The van der Waals surface area contributed by atoms with Crippen molar-refractivity contribution in [3.05, 3.63) is 0 Å². The van der Waals surface area contributed by atoms with Gasteiger partial charge in [0.15, 0.2) is 6.29 Å². The van der Waals surface area contributed by atoms with Crippen LogP contribution in [0.2, 0.25) is 0 Å². The van der Waals surface area contributed by atoms with Gasteiger partial charge >= 0.3 is 0 Å². The fourth-order valence-corrected chi connectivity index (χ4v) is 8.97. The largest absolute Gasteiger partial charge is 0.394 e. The number of unbranched alkanes of at least 4 members (excludes halogenated alkanes) is 34. The predicted molar refractivity (Wildman–Crippen MR) is 256 cm³/mol. The molecule has 1 heterocycles. The van der Waals surface area contributed by atoms with E-state index in [2.05, 4.69) is 19.2 Å². The number of aliphatic hydroxyl groups excluding tert-OH is 7. The number of ether oxygens (including phenoxy) is 2. The first kappa shape index (κ1) is 60.1. The summed E-state index contributed by atoms with van der Waals surface area (Å²) in [6.45, 7) is 3.48. The second-order valence-corrected chi connectivity index (χ2v) is 19.3. The number of rotatable bonds is 46. The standard InChI is InChI=1S/C52H103NO10/c1-3-5-7-9-11-13-15-17-19-20-21-22-23-24-25-26-28-29-31-33-35-37-39-44(55)47(57)43(42-62-52-50(60)49(59)48(58)46(41-54)63-52)53-51(61)45(56)40-38-36-34-32-30-27-18-16-14-12-10-8-6-4-2/h43-50,52,54-60H,3-42H2,1-2H3,(H,53,61). The van der Waals surface area contributed by atoms with Crippen LogP contribution < -0.4 is 5.32 Å². The molecule has 1 fully saturated rings. The summed E-state index contributed by atoms with van der Waals surface area (Å²) in [6, 6.07) is -1.16. The maximum atomic E-state index is 13.1. The number of amides is 1. The van der Waals surface area contributed by atoms with Crippen molar-refractivity contribution in [2.75, 3.05) is 13.2 Å². The molecule has 0 aromatic carbocycles. The lowest BCUT2D eigenvalue weighted by Crippen LogP contribution is -2.60. The van der Waals surface area contributed by atoms with Crippen LogP contribution in [0, 0.1) is 0 Å². The minimum absolute atomic E-state index is 0.266. The zero-order valence-corrected chi connectivity index (χ0v) is 40.8. The molecule has 11 heteroatoms. The van der Waals surface area contributed by atoms with Gasteiger partial charge in [0.1, 0.15) is 36.6 Å². The van der Waals surface area contributed by atoms with Gasteiger partial charge in [-0.15, -0.1) is 0 Å². The second kappa shape index (κ2) is 42.5. The average molecular weight is 902 g/mol. The Morgan fingerprint density at radius 3 is 1.17 bits per heavy atom. The van der Waals surface area contributed by atoms with Crippen LogP contribution in [0.3, 0.4) is 0 Å². The lowest BCUT2D eigenvalue weighted by molar-refractivity contribution is -0.303. The number of carbonyl (C=O) groups is 1. The maximum Gasteiger partial charge on any atom is 0.249 e. The zero-order chi connectivity index (χ0) is 46.2. The van der Waals surface area contributed by atoms with Gasteiger partial charge in [0.2, 0.25) is 5.91 Å². The van der Waals surface area contributed by atoms with Crippen LogP contribution in [0.5, 0.6) is 0 Å². The first-order valence-electron chi connectivity index (χ1n) is 26.9. The summed E-state index contributed by atoms with van der Waals surface area (Å²) in [4.78, 5) is 13.1. The van der Waals surface area contributed by atoms with E-state index in [1.54, 1.807) is 0 Å². The first-order valence-corrected chi connectivity index (χ1v) is 26.9. The van der Waals surface area contributed by atoms with Crippen LogP contribution in [0.4, 0.5) is 0 Å². The normalized spacial score (nSPS) is 21.1. The van der Waals surface area contributed by atoms with Crippen molar-refractivity contribution in [2.45, 2.75) is 313 Å². The molecule has 0 radical (unpaired) electrons. The van der Waals surface area contributed by atoms with E-state index in [0.29, 0.717) is 19.3 Å². The molecule has 0 aromatic rings. The fraction of sp³-hybridized carbons (Fsp3) is 0.981. The molecule has 9 unspecified atom stereocenters. The minimum atomic E-state index is -1.66. The van der Waals surface area contributed by atoms with E-state index in [-0.39, 0.29) is 6.42 Å². The first-order chi connectivity index (χ1) is 30.7. The minimum Gasteiger partial charge on any atom is -0.394 e. The van der Waals surface area contributed by atoms with Crippen molar-refractivity contribution < 1.29 is 50.0 Å². The molecule has 9 atom stereocenters. The monoisotopic (exact) mass is 902 g/mol. The van der Waals surface area contributed by atoms with Gasteiger partial charge in [-0.2, -0.15) is 0 Å². The molecule has 0 bridgehead atoms. The average Bonchev–Trinajstić information content (AvgIpc) is 3.28. The third-order valence-electron chi connectivity index (χ3n) is 13.4. The van der Waals surface area contributed by atoms with Crippen molar-refractivity contribution in [3.63, 3.8) is 0 Å². The Labute approximate surface area is 386 Å². The highest BCUT2D eigenvalue weighted by molar-refractivity contribution is 5.80. The van der Waals surface area contributed by atoms with Crippen LogP contribution in [0.1, 0.15) is 258 Å². The summed E-state index contributed by atoms with van der Waals surface area (Å²) in [6.07, 6.45) is 34.3. The summed E-state index contributed by atoms with van der Waals surface area (Å²) < 4.78 is 11.1. The van der Waals surface area contributed by atoms with Gasteiger partial charge in [-0.25, -0.2) is 0 Å². The molecule has 1 amide bonds. The Balaban J connectivity index is 2.33. The second-order valence-electron chi connectivity index (χ2n) is 19.3. The highest BCUT2D eigenvalue weighted by atomic mass is 16.7. The lowest BCUT2D eigenvalue weighted by Gasteiger charge is -2.40. The van der Waals surface area contributed by atoms with Crippen molar-refractivity contribution >= 4 is 5.91 Å². The molecular formula is C52H103NO10. The van der Waals surface area contributed by atoms with Gasteiger partial charge < -0.3 is 50.5 Å². The summed E-state index contributed by atoms with van der Waals surface area (Å²) in [7, 11) is 0. The predicted octanol–water partition coefficient (Wildman–Crippen LogP) is 10.2. The summed E-state index contributed by atoms with van der Waals surface area (Å²) in [5.74, 6) is -0.692. The molecule has 1 rings (SSSR count). The zero-order valence-electron chi connectivity index (χ0n) is 40.8. The Bertz CT molecular complexity index is 991. The van der Waals surface area contributed by atoms with Gasteiger partial charge in [0, 0.05) is 0 Å². The highest BCUT2D eigenvalue weighted by Gasteiger charge is 2.44. The molecule has 0 aromatic heterocycles. The number of aliphatic hydroxyl groups is 7. The molecule has 8 N–H and O–H groups in total. The molecule has 0 saturated carbocycles. The topological polar surface area (TPSA) is 189 Å². The summed E-state index contributed by atoms with van der Waals surface area (Å²) in [5.41, 5.74) is 0. The van der Waals surface area contributed by atoms with Gasteiger partial charge in [-0.3, -0.25) is 4.79 Å². The van der Waals surface area contributed by atoms with E-state index >= 15 is 0 Å². The van der Waals surface area contributed by atoms with Crippen molar-refractivity contribution in [3.8, 4) is 0 Å². The number of nitrogens with one attached hydrogen (secondary N) is 1. The van der Waals surface area contributed by atoms with Gasteiger partial charge in [0.05, 0.1) is 25.4 Å². The van der Waals surface area contributed by atoms with E-state index in [4.69, 9.17) is 9.47 Å². The molecule has 376 valence electrons. The van der Waals surface area contributed by atoms with Crippen LogP contribution in [-0.2, 0) is 14.3 Å². The van der Waals surface area contributed by atoms with Crippen LogP contribution in [0.15, 0.2) is 0 Å². The molecular weight excluding hydrogens is 799 g/mol. The maximum absolute atomic E-state index is 13.1. The Morgan fingerprint density at radius 2 is 0.825 bits per heavy atom. The van der Waals surface area contributed by atoms with Crippen molar-refractivity contribution in [1.29, 1.82) is 0 Å².